The molecule has 1 unspecified atom stereocenters. The van der Waals surface area contributed by atoms with Crippen molar-refractivity contribution in [1.29, 1.82) is 0 Å². The predicted octanol–water partition coefficient (Wildman–Crippen LogP) is 3.92. The largest absolute Gasteiger partial charge is 0.249 e. The van der Waals surface area contributed by atoms with Crippen LogP contribution in [0.15, 0.2) is 6.20 Å². The Bertz CT molecular complexity index is 267. The molecule has 0 N–H and O–H groups in total. The van der Waals surface area contributed by atoms with Gasteiger partial charge >= 0.3 is 0 Å². The van der Waals surface area contributed by atoms with Gasteiger partial charge in [0, 0.05) is 16.5 Å². The first-order valence-corrected chi connectivity index (χ1v) is 5.87. The van der Waals surface area contributed by atoms with E-state index in [1.165, 1.54) is 29.1 Å². The van der Waals surface area contributed by atoms with Gasteiger partial charge in [-0.05, 0) is 19.8 Å². The number of thiazole rings is 1. The van der Waals surface area contributed by atoms with Gasteiger partial charge in [-0.2, -0.15) is 0 Å². The van der Waals surface area contributed by atoms with Crippen molar-refractivity contribution in [2.24, 2.45) is 0 Å². The summed E-state index contributed by atoms with van der Waals surface area (Å²) >= 11 is 1.85. The monoisotopic (exact) mass is 197 g/mol. The molecule has 1 nitrogen and oxygen atoms in total. The molecular formula is C11H19NS. The molecule has 2 heteroatoms. The molecule has 0 saturated heterocycles. The van der Waals surface area contributed by atoms with Gasteiger partial charge in [-0.3, -0.25) is 0 Å². The summed E-state index contributed by atoms with van der Waals surface area (Å²) in [5, 5.41) is 1.31. The summed E-state index contributed by atoms with van der Waals surface area (Å²) in [7, 11) is 0. The van der Waals surface area contributed by atoms with E-state index in [-0.39, 0.29) is 0 Å². The van der Waals surface area contributed by atoms with Crippen molar-refractivity contribution in [2.75, 3.05) is 0 Å². The number of hydrogen-bond acceptors (Lipinski definition) is 2. The molecule has 1 heterocycles. The number of nitrogens with zero attached hydrogens (tertiary/aromatic N) is 1. The van der Waals surface area contributed by atoms with E-state index in [4.69, 9.17) is 0 Å². The van der Waals surface area contributed by atoms with Gasteiger partial charge in [0.1, 0.15) is 0 Å². The third-order valence-electron chi connectivity index (χ3n) is 2.72. The van der Waals surface area contributed by atoms with E-state index < -0.39 is 0 Å². The molecule has 0 saturated carbocycles. The number of aryl methyl sites for hydroxylation is 1. The molecule has 74 valence electrons. The fourth-order valence-electron chi connectivity index (χ4n) is 1.62. The minimum atomic E-state index is 0.313. The van der Waals surface area contributed by atoms with Gasteiger partial charge in [-0.25, -0.2) is 4.98 Å². The number of hydrogen-bond donors (Lipinski definition) is 0. The van der Waals surface area contributed by atoms with Gasteiger partial charge < -0.3 is 0 Å². The molecule has 1 aromatic heterocycles. The minimum Gasteiger partial charge on any atom is -0.249 e. The average Bonchev–Trinajstić information content (AvgIpc) is 2.52. The summed E-state index contributed by atoms with van der Waals surface area (Å²) in [6.45, 7) is 8.96. The Morgan fingerprint density at radius 1 is 1.46 bits per heavy atom. The molecule has 0 bridgehead atoms. The third kappa shape index (κ3) is 2.31. The maximum absolute atomic E-state index is 4.50. The van der Waals surface area contributed by atoms with Crippen molar-refractivity contribution in [1.82, 2.24) is 4.98 Å². The zero-order valence-corrected chi connectivity index (χ0v) is 9.87. The summed E-state index contributed by atoms with van der Waals surface area (Å²) in [4.78, 5) is 5.82. The quantitative estimate of drug-likeness (QED) is 0.713. The van der Waals surface area contributed by atoms with Crippen molar-refractivity contribution in [2.45, 2.75) is 52.4 Å². The van der Waals surface area contributed by atoms with Crippen LogP contribution in [0.3, 0.4) is 0 Å². The highest BCUT2D eigenvalue weighted by atomic mass is 32.1. The lowest BCUT2D eigenvalue weighted by atomic mass is 9.84. The topological polar surface area (TPSA) is 12.9 Å². The fraction of sp³-hybridized carbons (Fsp3) is 0.727. The second-order valence-corrected chi connectivity index (χ2v) is 5.18. The van der Waals surface area contributed by atoms with Crippen molar-refractivity contribution in [3.63, 3.8) is 0 Å². The molecule has 0 aliphatic carbocycles. The lowest BCUT2D eigenvalue weighted by Gasteiger charge is -2.24. The molecular weight excluding hydrogens is 178 g/mol. The van der Waals surface area contributed by atoms with Crippen LogP contribution in [-0.2, 0) is 5.41 Å². The zero-order valence-electron chi connectivity index (χ0n) is 9.05. The highest BCUT2D eigenvalue weighted by Crippen LogP contribution is 2.34. The van der Waals surface area contributed by atoms with Gasteiger partial charge in [0.25, 0.3) is 0 Å². The first-order chi connectivity index (χ1) is 6.12. The summed E-state index contributed by atoms with van der Waals surface area (Å²) in [5.74, 6) is 0. The Morgan fingerprint density at radius 2 is 2.15 bits per heavy atom. The highest BCUT2D eigenvalue weighted by molar-refractivity contribution is 7.11. The smallest absolute Gasteiger partial charge is 0.0986 e. The van der Waals surface area contributed by atoms with Crippen molar-refractivity contribution >= 4 is 11.3 Å². The van der Waals surface area contributed by atoms with E-state index in [0.717, 1.165) is 0 Å². The van der Waals surface area contributed by atoms with Crippen LogP contribution in [0.25, 0.3) is 0 Å². The van der Waals surface area contributed by atoms with E-state index >= 15 is 0 Å². The normalized spacial score (nSPS) is 15.7. The standard InChI is InChI=1S/C11H19NS/c1-5-7-11(4,6-2)10-12-8-9(3)13-10/h8H,5-7H2,1-4H3. The molecule has 0 radical (unpaired) electrons. The zero-order chi connectivity index (χ0) is 9.90. The van der Waals surface area contributed by atoms with Crippen LogP contribution in [0.5, 0.6) is 0 Å². The van der Waals surface area contributed by atoms with Crippen molar-refractivity contribution in [3.05, 3.63) is 16.1 Å². The van der Waals surface area contributed by atoms with Gasteiger partial charge in [-0.15, -0.1) is 11.3 Å². The van der Waals surface area contributed by atoms with Crippen molar-refractivity contribution < 1.29 is 0 Å². The highest BCUT2D eigenvalue weighted by Gasteiger charge is 2.26. The second kappa shape index (κ2) is 4.23. The van der Waals surface area contributed by atoms with Crippen LogP contribution in [0.1, 0.15) is 49.9 Å². The maximum Gasteiger partial charge on any atom is 0.0986 e. The lowest BCUT2D eigenvalue weighted by molar-refractivity contribution is 0.412. The fourth-order valence-corrected chi connectivity index (χ4v) is 2.63. The van der Waals surface area contributed by atoms with E-state index in [1.54, 1.807) is 0 Å². The Kier molecular flexibility index (Phi) is 3.48. The molecule has 13 heavy (non-hydrogen) atoms. The van der Waals surface area contributed by atoms with Gasteiger partial charge in [-0.1, -0.05) is 27.2 Å². The minimum absolute atomic E-state index is 0.313. The Morgan fingerprint density at radius 3 is 2.54 bits per heavy atom. The van der Waals surface area contributed by atoms with E-state index in [0.29, 0.717) is 5.41 Å². The average molecular weight is 197 g/mol. The Labute approximate surface area is 85.2 Å². The molecule has 1 aromatic rings. The molecule has 0 amide bonds. The molecule has 0 fully saturated rings. The second-order valence-electron chi connectivity index (χ2n) is 3.94. The first kappa shape index (κ1) is 10.7. The van der Waals surface area contributed by atoms with Crippen LogP contribution >= 0.6 is 11.3 Å². The number of aromatic nitrogens is 1. The summed E-state index contributed by atoms with van der Waals surface area (Å²) in [6, 6.07) is 0. The summed E-state index contributed by atoms with van der Waals surface area (Å²) in [5.41, 5.74) is 0.313. The summed E-state index contributed by atoms with van der Waals surface area (Å²) < 4.78 is 0. The van der Waals surface area contributed by atoms with E-state index in [9.17, 15) is 0 Å². The molecule has 1 atom stereocenters. The lowest BCUT2D eigenvalue weighted by Crippen LogP contribution is -2.19. The summed E-state index contributed by atoms with van der Waals surface area (Å²) in [6.07, 6.45) is 5.66. The number of rotatable bonds is 4. The predicted molar refractivity (Wildman–Crippen MR) is 59.4 cm³/mol. The molecule has 0 aromatic carbocycles. The first-order valence-electron chi connectivity index (χ1n) is 5.05. The molecule has 0 aliphatic rings. The SMILES string of the molecule is CCCC(C)(CC)c1ncc(C)s1. The van der Waals surface area contributed by atoms with Crippen LogP contribution in [0, 0.1) is 6.92 Å². The van der Waals surface area contributed by atoms with Gasteiger partial charge in [0.15, 0.2) is 0 Å². The van der Waals surface area contributed by atoms with Crippen LogP contribution in [0.4, 0.5) is 0 Å². The Hall–Kier alpha value is -0.370. The van der Waals surface area contributed by atoms with E-state index in [1.807, 2.05) is 17.5 Å². The third-order valence-corrected chi connectivity index (χ3v) is 3.94. The van der Waals surface area contributed by atoms with Crippen LogP contribution < -0.4 is 0 Å². The molecule has 0 aliphatic heterocycles. The van der Waals surface area contributed by atoms with Gasteiger partial charge in [0.05, 0.1) is 5.01 Å². The molecule has 1 rings (SSSR count). The van der Waals surface area contributed by atoms with E-state index in [2.05, 4.69) is 32.7 Å². The molecule has 0 spiro atoms. The van der Waals surface area contributed by atoms with Crippen molar-refractivity contribution in [3.8, 4) is 0 Å². The van der Waals surface area contributed by atoms with Gasteiger partial charge in [0.2, 0.25) is 0 Å². The Balaban J connectivity index is 2.88. The maximum atomic E-state index is 4.50. The van der Waals surface area contributed by atoms with Crippen LogP contribution in [0.2, 0.25) is 0 Å². The van der Waals surface area contributed by atoms with Crippen LogP contribution in [-0.4, -0.2) is 4.98 Å².